The van der Waals surface area contributed by atoms with E-state index in [1.54, 1.807) is 7.11 Å². The lowest BCUT2D eigenvalue weighted by Gasteiger charge is -2.38. The number of nitrogens with two attached hydrogens (primary N) is 1. The van der Waals surface area contributed by atoms with Gasteiger partial charge < -0.3 is 15.2 Å². The van der Waals surface area contributed by atoms with Crippen LogP contribution in [0.25, 0.3) is 0 Å². The minimum atomic E-state index is 0.0374. The van der Waals surface area contributed by atoms with Crippen LogP contribution in [0.1, 0.15) is 44.7 Å². The average molecular weight is 287 g/mol. The van der Waals surface area contributed by atoms with Crippen LogP contribution in [0.5, 0.6) is 11.5 Å². The fraction of sp³-hybridized carbons (Fsp3) is 0.556. The maximum absolute atomic E-state index is 6.39. The number of benzene rings is 1. The number of hydrogen-bond acceptors (Lipinski definition) is 3. The first-order chi connectivity index (χ1) is 10.1. The van der Waals surface area contributed by atoms with Gasteiger partial charge in [-0.15, -0.1) is 0 Å². The first-order valence-corrected chi connectivity index (χ1v) is 7.84. The molecule has 0 aromatic heterocycles. The van der Waals surface area contributed by atoms with Crippen molar-refractivity contribution in [2.45, 2.75) is 45.3 Å². The van der Waals surface area contributed by atoms with Crippen molar-refractivity contribution in [3.05, 3.63) is 35.4 Å². The quantitative estimate of drug-likeness (QED) is 0.841. The second-order valence-electron chi connectivity index (χ2n) is 6.59. The summed E-state index contributed by atoms with van der Waals surface area (Å²) in [5.41, 5.74) is 8.94. The molecule has 3 nitrogen and oxygen atoms in total. The van der Waals surface area contributed by atoms with Gasteiger partial charge >= 0.3 is 0 Å². The Bertz CT molecular complexity index is 552. The molecule has 3 heteroatoms. The SMILES string of the molecule is COc1ccc2c(c1)C(N)CC(C1CC(C)=CC(C)C1)O2. The first-order valence-electron chi connectivity index (χ1n) is 7.84. The van der Waals surface area contributed by atoms with E-state index in [-0.39, 0.29) is 12.1 Å². The molecule has 1 aliphatic heterocycles. The van der Waals surface area contributed by atoms with Crippen LogP contribution in [0.2, 0.25) is 0 Å². The monoisotopic (exact) mass is 287 g/mol. The third-order valence-electron chi connectivity index (χ3n) is 4.73. The molecule has 1 aliphatic carbocycles. The highest BCUT2D eigenvalue weighted by Crippen LogP contribution is 2.41. The van der Waals surface area contributed by atoms with Crippen molar-refractivity contribution in [1.29, 1.82) is 0 Å². The van der Waals surface area contributed by atoms with Gasteiger partial charge in [0.2, 0.25) is 0 Å². The molecule has 1 heterocycles. The van der Waals surface area contributed by atoms with E-state index in [0.717, 1.165) is 29.9 Å². The molecular formula is C18H25NO2. The lowest BCUT2D eigenvalue weighted by molar-refractivity contribution is 0.0856. The molecule has 1 aromatic rings. The molecule has 4 atom stereocenters. The highest BCUT2D eigenvalue weighted by atomic mass is 16.5. The van der Waals surface area contributed by atoms with Crippen molar-refractivity contribution < 1.29 is 9.47 Å². The van der Waals surface area contributed by atoms with Crippen molar-refractivity contribution >= 4 is 0 Å². The topological polar surface area (TPSA) is 44.5 Å². The van der Waals surface area contributed by atoms with Gasteiger partial charge in [-0.2, -0.15) is 0 Å². The highest BCUT2D eigenvalue weighted by molar-refractivity contribution is 5.43. The van der Waals surface area contributed by atoms with Gasteiger partial charge in [-0.05, 0) is 43.9 Å². The van der Waals surface area contributed by atoms with Gasteiger partial charge in [0.05, 0.1) is 7.11 Å². The Morgan fingerprint density at radius 2 is 2.10 bits per heavy atom. The lowest BCUT2D eigenvalue weighted by Crippen LogP contribution is -2.37. The Morgan fingerprint density at radius 3 is 2.81 bits per heavy atom. The Labute approximate surface area is 127 Å². The summed E-state index contributed by atoms with van der Waals surface area (Å²) < 4.78 is 11.6. The summed E-state index contributed by atoms with van der Waals surface area (Å²) in [6, 6.07) is 5.98. The largest absolute Gasteiger partial charge is 0.497 e. The Morgan fingerprint density at radius 1 is 1.29 bits per heavy atom. The molecule has 4 unspecified atom stereocenters. The maximum Gasteiger partial charge on any atom is 0.124 e. The molecular weight excluding hydrogens is 262 g/mol. The molecule has 21 heavy (non-hydrogen) atoms. The number of hydrogen-bond donors (Lipinski definition) is 1. The normalized spacial score (nSPS) is 31.9. The zero-order valence-electron chi connectivity index (χ0n) is 13.1. The third-order valence-corrected chi connectivity index (χ3v) is 4.73. The summed E-state index contributed by atoms with van der Waals surface area (Å²) in [6.07, 6.45) is 5.84. The summed E-state index contributed by atoms with van der Waals surface area (Å²) >= 11 is 0. The predicted molar refractivity (Wildman–Crippen MR) is 84.6 cm³/mol. The lowest BCUT2D eigenvalue weighted by atomic mass is 9.78. The van der Waals surface area contributed by atoms with Crippen molar-refractivity contribution in [1.82, 2.24) is 0 Å². The second-order valence-corrected chi connectivity index (χ2v) is 6.59. The molecule has 0 saturated carbocycles. The standard InChI is InChI=1S/C18H25NO2/c1-11-6-12(2)8-13(7-11)18-10-16(19)15-9-14(20-3)4-5-17(15)21-18/h4-6,9,11,13,16,18H,7-8,10,19H2,1-3H3. The fourth-order valence-corrected chi connectivity index (χ4v) is 3.81. The van der Waals surface area contributed by atoms with E-state index in [9.17, 15) is 0 Å². The van der Waals surface area contributed by atoms with Crippen molar-refractivity contribution in [3.63, 3.8) is 0 Å². The predicted octanol–water partition coefficient (Wildman–Crippen LogP) is 3.84. The number of ether oxygens (including phenoxy) is 2. The van der Waals surface area contributed by atoms with Gasteiger partial charge in [0.15, 0.2) is 0 Å². The molecule has 1 aromatic carbocycles. The van der Waals surface area contributed by atoms with E-state index >= 15 is 0 Å². The van der Waals surface area contributed by atoms with Crippen LogP contribution in [0.3, 0.4) is 0 Å². The molecule has 0 spiro atoms. The van der Waals surface area contributed by atoms with Crippen LogP contribution >= 0.6 is 0 Å². The van der Waals surface area contributed by atoms with Crippen LogP contribution in [0.4, 0.5) is 0 Å². The molecule has 0 radical (unpaired) electrons. The van der Waals surface area contributed by atoms with E-state index in [0.29, 0.717) is 11.8 Å². The van der Waals surface area contributed by atoms with Crippen molar-refractivity contribution in [3.8, 4) is 11.5 Å². The van der Waals surface area contributed by atoms with Crippen LogP contribution in [0, 0.1) is 11.8 Å². The Hall–Kier alpha value is -1.48. The van der Waals surface area contributed by atoms with Gasteiger partial charge in [0.1, 0.15) is 17.6 Å². The van der Waals surface area contributed by atoms with E-state index < -0.39 is 0 Å². The zero-order chi connectivity index (χ0) is 15.0. The molecule has 2 N–H and O–H groups in total. The van der Waals surface area contributed by atoms with Crippen molar-refractivity contribution in [2.24, 2.45) is 17.6 Å². The summed E-state index contributed by atoms with van der Waals surface area (Å²) in [7, 11) is 1.68. The molecule has 0 saturated heterocycles. The van der Waals surface area contributed by atoms with Gasteiger partial charge in [-0.1, -0.05) is 18.6 Å². The number of fused-ring (bicyclic) bond motifs is 1. The van der Waals surface area contributed by atoms with Crippen LogP contribution in [-0.4, -0.2) is 13.2 Å². The van der Waals surface area contributed by atoms with E-state index in [1.807, 2.05) is 18.2 Å². The fourth-order valence-electron chi connectivity index (χ4n) is 3.81. The summed E-state index contributed by atoms with van der Waals surface area (Å²) in [5.74, 6) is 2.99. The van der Waals surface area contributed by atoms with Crippen LogP contribution < -0.4 is 15.2 Å². The Balaban J connectivity index is 1.80. The molecule has 3 rings (SSSR count). The average Bonchev–Trinajstić information content (AvgIpc) is 2.46. The maximum atomic E-state index is 6.39. The van der Waals surface area contributed by atoms with Gasteiger partial charge in [0.25, 0.3) is 0 Å². The van der Waals surface area contributed by atoms with Crippen LogP contribution in [-0.2, 0) is 0 Å². The van der Waals surface area contributed by atoms with Gasteiger partial charge in [-0.3, -0.25) is 0 Å². The van der Waals surface area contributed by atoms with Gasteiger partial charge in [0, 0.05) is 23.9 Å². The van der Waals surface area contributed by atoms with E-state index in [1.165, 1.54) is 12.0 Å². The number of allylic oxidation sites excluding steroid dienone is 2. The highest BCUT2D eigenvalue weighted by Gasteiger charge is 2.34. The van der Waals surface area contributed by atoms with Gasteiger partial charge in [-0.25, -0.2) is 0 Å². The number of methoxy groups -OCH3 is 1. The Kier molecular flexibility index (Phi) is 3.94. The first kappa shape index (κ1) is 14.5. The third kappa shape index (κ3) is 2.93. The zero-order valence-corrected chi connectivity index (χ0v) is 13.1. The smallest absolute Gasteiger partial charge is 0.124 e. The molecule has 2 aliphatic rings. The molecule has 0 bridgehead atoms. The van der Waals surface area contributed by atoms with E-state index in [4.69, 9.17) is 15.2 Å². The second kappa shape index (κ2) is 5.72. The van der Waals surface area contributed by atoms with E-state index in [2.05, 4.69) is 19.9 Å². The van der Waals surface area contributed by atoms with Crippen molar-refractivity contribution in [2.75, 3.05) is 7.11 Å². The minimum Gasteiger partial charge on any atom is -0.497 e. The summed E-state index contributed by atoms with van der Waals surface area (Å²) in [6.45, 7) is 4.52. The summed E-state index contributed by atoms with van der Waals surface area (Å²) in [5, 5.41) is 0. The van der Waals surface area contributed by atoms with Crippen LogP contribution in [0.15, 0.2) is 29.8 Å². The molecule has 0 fully saturated rings. The molecule has 0 amide bonds. The summed E-state index contributed by atoms with van der Waals surface area (Å²) in [4.78, 5) is 0. The molecule has 114 valence electrons. The minimum absolute atomic E-state index is 0.0374. The number of rotatable bonds is 2.